The maximum Gasteiger partial charge on any atom is 0.354 e. The van der Waals surface area contributed by atoms with Crippen molar-refractivity contribution in [1.29, 1.82) is 0 Å². The van der Waals surface area contributed by atoms with Crippen LogP contribution in [0.5, 0.6) is 0 Å². The summed E-state index contributed by atoms with van der Waals surface area (Å²) < 4.78 is 6.39. The van der Waals surface area contributed by atoms with Crippen molar-refractivity contribution in [2.45, 2.75) is 13.1 Å². The minimum atomic E-state index is -0.353. The minimum Gasteiger partial charge on any atom is -0.464 e. The van der Waals surface area contributed by atoms with Crippen molar-refractivity contribution >= 4 is 5.97 Å². The van der Waals surface area contributed by atoms with Crippen LogP contribution in [0.2, 0.25) is 0 Å². The fraction of sp³-hybridized carbons (Fsp3) is 0.333. The van der Waals surface area contributed by atoms with Gasteiger partial charge in [-0.25, -0.2) is 4.79 Å². The molecule has 0 radical (unpaired) electrons. The van der Waals surface area contributed by atoms with Crippen LogP contribution in [0.1, 0.15) is 21.7 Å². The number of aromatic amines is 1. The number of H-pyrrole nitrogens is 1. The highest BCUT2D eigenvalue weighted by atomic mass is 16.5. The van der Waals surface area contributed by atoms with E-state index in [1.807, 2.05) is 25.5 Å². The SMILES string of the molecule is COC(=O)c1ccc(CNCc2cnn(C)c2)[nH]1. The fourth-order valence-electron chi connectivity index (χ4n) is 1.68. The molecule has 2 rings (SSSR count). The van der Waals surface area contributed by atoms with Gasteiger partial charge in [0.25, 0.3) is 0 Å². The summed E-state index contributed by atoms with van der Waals surface area (Å²) in [5.41, 5.74) is 2.53. The molecule has 2 heterocycles. The van der Waals surface area contributed by atoms with Gasteiger partial charge in [-0.3, -0.25) is 4.68 Å². The Hall–Kier alpha value is -2.08. The molecule has 6 heteroatoms. The molecule has 0 aliphatic rings. The van der Waals surface area contributed by atoms with Crippen LogP contribution in [0.15, 0.2) is 24.5 Å². The third-order valence-electron chi connectivity index (χ3n) is 2.55. The molecule has 0 amide bonds. The van der Waals surface area contributed by atoms with Gasteiger partial charge in [0.05, 0.1) is 13.3 Å². The highest BCUT2D eigenvalue weighted by Gasteiger charge is 2.07. The standard InChI is InChI=1S/C12H16N4O2/c1-16-8-9(6-14-16)5-13-7-10-3-4-11(15-10)12(17)18-2/h3-4,6,8,13,15H,5,7H2,1-2H3. The molecule has 0 aromatic carbocycles. The lowest BCUT2D eigenvalue weighted by Crippen LogP contribution is -2.13. The second kappa shape index (κ2) is 5.50. The number of esters is 1. The summed E-state index contributed by atoms with van der Waals surface area (Å²) in [5.74, 6) is -0.353. The predicted octanol–water partition coefficient (Wildman–Crippen LogP) is 0.825. The van der Waals surface area contributed by atoms with E-state index < -0.39 is 0 Å². The fourth-order valence-corrected chi connectivity index (χ4v) is 1.68. The summed E-state index contributed by atoms with van der Waals surface area (Å²) in [7, 11) is 3.25. The van der Waals surface area contributed by atoms with E-state index in [-0.39, 0.29) is 5.97 Å². The topological polar surface area (TPSA) is 71.9 Å². The summed E-state index contributed by atoms with van der Waals surface area (Å²) in [5, 5.41) is 7.35. The zero-order valence-electron chi connectivity index (χ0n) is 10.4. The number of aryl methyl sites for hydroxylation is 1. The Morgan fingerprint density at radius 2 is 2.33 bits per heavy atom. The molecule has 6 nitrogen and oxygen atoms in total. The average Bonchev–Trinajstić information content (AvgIpc) is 2.98. The smallest absolute Gasteiger partial charge is 0.354 e. The molecule has 2 aromatic heterocycles. The van der Waals surface area contributed by atoms with E-state index in [1.165, 1.54) is 7.11 Å². The first-order chi connectivity index (χ1) is 8.69. The number of hydrogen-bond donors (Lipinski definition) is 2. The van der Waals surface area contributed by atoms with Gasteiger partial charge in [-0.05, 0) is 12.1 Å². The number of carbonyl (C=O) groups is 1. The molecular formula is C12H16N4O2. The van der Waals surface area contributed by atoms with Gasteiger partial charge in [-0.2, -0.15) is 5.10 Å². The van der Waals surface area contributed by atoms with Gasteiger partial charge in [-0.1, -0.05) is 0 Å². The van der Waals surface area contributed by atoms with E-state index in [2.05, 4.69) is 20.1 Å². The molecule has 0 unspecified atom stereocenters. The van der Waals surface area contributed by atoms with Crippen molar-refractivity contribution in [2.75, 3.05) is 7.11 Å². The van der Waals surface area contributed by atoms with Crippen molar-refractivity contribution < 1.29 is 9.53 Å². The molecule has 0 saturated heterocycles. The largest absolute Gasteiger partial charge is 0.464 e. The van der Waals surface area contributed by atoms with Gasteiger partial charge < -0.3 is 15.0 Å². The number of rotatable bonds is 5. The van der Waals surface area contributed by atoms with Crippen LogP contribution < -0.4 is 5.32 Å². The molecule has 0 atom stereocenters. The van der Waals surface area contributed by atoms with Gasteiger partial charge in [0.2, 0.25) is 0 Å². The summed E-state index contributed by atoms with van der Waals surface area (Å²) in [6.07, 6.45) is 3.78. The molecule has 0 saturated carbocycles. The van der Waals surface area contributed by atoms with Crippen molar-refractivity contribution in [3.63, 3.8) is 0 Å². The molecule has 2 N–H and O–H groups in total. The molecule has 2 aromatic rings. The van der Waals surface area contributed by atoms with E-state index >= 15 is 0 Å². The summed E-state index contributed by atoms with van der Waals surface area (Å²) in [6, 6.07) is 3.58. The number of nitrogens with one attached hydrogen (secondary N) is 2. The van der Waals surface area contributed by atoms with Gasteiger partial charge in [-0.15, -0.1) is 0 Å². The Morgan fingerprint density at radius 3 is 3.00 bits per heavy atom. The predicted molar refractivity (Wildman–Crippen MR) is 65.9 cm³/mol. The van der Waals surface area contributed by atoms with Crippen molar-refractivity contribution in [3.05, 3.63) is 41.5 Å². The zero-order chi connectivity index (χ0) is 13.0. The summed E-state index contributed by atoms with van der Waals surface area (Å²) in [4.78, 5) is 14.2. The molecule has 0 spiro atoms. The Labute approximate surface area is 105 Å². The van der Waals surface area contributed by atoms with Crippen LogP contribution >= 0.6 is 0 Å². The summed E-state index contributed by atoms with van der Waals surface area (Å²) >= 11 is 0. The number of ether oxygens (including phenoxy) is 1. The van der Waals surface area contributed by atoms with Gasteiger partial charge in [0.1, 0.15) is 5.69 Å². The average molecular weight is 248 g/mol. The van der Waals surface area contributed by atoms with E-state index in [1.54, 1.807) is 10.7 Å². The van der Waals surface area contributed by atoms with Gasteiger partial charge >= 0.3 is 5.97 Å². The number of hydrogen-bond acceptors (Lipinski definition) is 4. The highest BCUT2D eigenvalue weighted by molar-refractivity contribution is 5.87. The second-order valence-electron chi connectivity index (χ2n) is 4.01. The first kappa shape index (κ1) is 12.4. The van der Waals surface area contributed by atoms with Crippen molar-refractivity contribution in [2.24, 2.45) is 7.05 Å². The second-order valence-corrected chi connectivity index (χ2v) is 4.01. The first-order valence-corrected chi connectivity index (χ1v) is 5.63. The lowest BCUT2D eigenvalue weighted by Gasteiger charge is -2.01. The van der Waals surface area contributed by atoms with Crippen LogP contribution in [0.4, 0.5) is 0 Å². The minimum absolute atomic E-state index is 0.353. The van der Waals surface area contributed by atoms with E-state index in [0.717, 1.165) is 17.8 Å². The molecule has 0 bridgehead atoms. The maximum atomic E-state index is 11.2. The molecule has 96 valence electrons. The van der Waals surface area contributed by atoms with E-state index in [0.29, 0.717) is 12.2 Å². The number of methoxy groups -OCH3 is 1. The monoisotopic (exact) mass is 248 g/mol. The van der Waals surface area contributed by atoms with E-state index in [9.17, 15) is 4.79 Å². The Bertz CT molecular complexity index is 530. The number of aromatic nitrogens is 3. The highest BCUT2D eigenvalue weighted by Crippen LogP contribution is 2.03. The lowest BCUT2D eigenvalue weighted by molar-refractivity contribution is 0.0594. The summed E-state index contributed by atoms with van der Waals surface area (Å²) in [6.45, 7) is 1.40. The Morgan fingerprint density at radius 1 is 1.50 bits per heavy atom. The number of nitrogens with zero attached hydrogens (tertiary/aromatic N) is 2. The first-order valence-electron chi connectivity index (χ1n) is 5.63. The third kappa shape index (κ3) is 2.98. The van der Waals surface area contributed by atoms with Crippen LogP contribution in [-0.2, 0) is 24.9 Å². The van der Waals surface area contributed by atoms with Crippen LogP contribution in [0.3, 0.4) is 0 Å². The molecule has 18 heavy (non-hydrogen) atoms. The molecular weight excluding hydrogens is 232 g/mol. The van der Waals surface area contributed by atoms with Crippen molar-refractivity contribution in [3.8, 4) is 0 Å². The van der Waals surface area contributed by atoms with Crippen LogP contribution in [0.25, 0.3) is 0 Å². The van der Waals surface area contributed by atoms with E-state index in [4.69, 9.17) is 0 Å². The lowest BCUT2D eigenvalue weighted by atomic mass is 10.3. The Kier molecular flexibility index (Phi) is 3.78. The van der Waals surface area contributed by atoms with Crippen LogP contribution in [-0.4, -0.2) is 27.8 Å². The number of carbonyl (C=O) groups excluding carboxylic acids is 1. The van der Waals surface area contributed by atoms with Gasteiger partial charge in [0.15, 0.2) is 0 Å². The normalized spacial score (nSPS) is 10.6. The third-order valence-corrected chi connectivity index (χ3v) is 2.55. The van der Waals surface area contributed by atoms with Gasteiger partial charge in [0, 0.05) is 37.6 Å². The molecule has 0 fully saturated rings. The maximum absolute atomic E-state index is 11.2. The Balaban J connectivity index is 1.83. The van der Waals surface area contributed by atoms with Crippen molar-refractivity contribution in [1.82, 2.24) is 20.1 Å². The quantitative estimate of drug-likeness (QED) is 0.769. The van der Waals surface area contributed by atoms with Crippen LogP contribution in [0, 0.1) is 0 Å². The zero-order valence-corrected chi connectivity index (χ0v) is 10.4. The molecule has 0 aliphatic carbocycles. The molecule has 0 aliphatic heterocycles.